The van der Waals surface area contributed by atoms with Gasteiger partial charge in [0, 0.05) is 0 Å². The molecule has 0 unspecified atom stereocenters. The second-order valence-electron chi connectivity index (χ2n) is 12.8. The summed E-state index contributed by atoms with van der Waals surface area (Å²) < 4.78 is 0. The number of fused-ring (bicyclic) bond motifs is 5. The summed E-state index contributed by atoms with van der Waals surface area (Å²) in [4.78, 5) is 0. The summed E-state index contributed by atoms with van der Waals surface area (Å²) in [7, 11) is 0. The summed E-state index contributed by atoms with van der Waals surface area (Å²) in [6.07, 6.45) is 14.7. The van der Waals surface area contributed by atoms with E-state index in [0.717, 1.165) is 59.8 Å². The molecular weight excluding hydrogens is 352 g/mol. The van der Waals surface area contributed by atoms with E-state index in [1.807, 2.05) is 0 Å². The van der Waals surface area contributed by atoms with Gasteiger partial charge in [0.1, 0.15) is 0 Å². The van der Waals surface area contributed by atoms with E-state index in [-0.39, 0.29) is 6.10 Å². The third-order valence-corrected chi connectivity index (χ3v) is 10.9. The molecule has 4 aliphatic rings. The smallest absolute Gasteiger partial charge is 0.0750 e. The average Bonchev–Trinajstić information content (AvgIpc) is 3.00. The highest BCUT2D eigenvalue weighted by atomic mass is 16.3. The van der Waals surface area contributed by atoms with Crippen LogP contribution in [0.1, 0.15) is 105 Å². The summed E-state index contributed by atoms with van der Waals surface area (Å²) >= 11 is 0. The first-order valence-corrected chi connectivity index (χ1v) is 13.0. The fourth-order valence-electron chi connectivity index (χ4n) is 9.27. The van der Waals surface area contributed by atoms with Crippen molar-refractivity contribution in [2.75, 3.05) is 0 Å². The van der Waals surface area contributed by atoms with Crippen molar-refractivity contribution in [3.8, 4) is 0 Å². The third kappa shape index (κ3) is 3.66. The first kappa shape index (κ1) is 21.9. The highest BCUT2D eigenvalue weighted by Crippen LogP contribution is 2.68. The molecule has 29 heavy (non-hydrogen) atoms. The number of hydrogen-bond acceptors (Lipinski definition) is 1. The lowest BCUT2D eigenvalue weighted by molar-refractivity contribution is -0.117. The van der Waals surface area contributed by atoms with Gasteiger partial charge in [-0.25, -0.2) is 0 Å². The Morgan fingerprint density at radius 2 is 1.69 bits per heavy atom. The van der Waals surface area contributed by atoms with Crippen LogP contribution in [0.2, 0.25) is 0 Å². The van der Waals surface area contributed by atoms with Gasteiger partial charge >= 0.3 is 0 Å². The zero-order valence-corrected chi connectivity index (χ0v) is 20.1. The van der Waals surface area contributed by atoms with Crippen molar-refractivity contribution in [1.82, 2.24) is 0 Å². The van der Waals surface area contributed by atoms with E-state index in [4.69, 9.17) is 0 Å². The molecule has 166 valence electrons. The summed E-state index contributed by atoms with van der Waals surface area (Å²) in [5, 5.41) is 10.4. The van der Waals surface area contributed by atoms with Gasteiger partial charge in [0.05, 0.1) is 6.10 Å². The van der Waals surface area contributed by atoms with Crippen LogP contribution in [0.25, 0.3) is 0 Å². The Balaban J connectivity index is 1.48. The van der Waals surface area contributed by atoms with E-state index >= 15 is 0 Å². The fourth-order valence-corrected chi connectivity index (χ4v) is 9.27. The largest absolute Gasteiger partial charge is 0.389 e. The Morgan fingerprint density at radius 1 is 0.966 bits per heavy atom. The zero-order valence-electron chi connectivity index (χ0n) is 20.1. The van der Waals surface area contributed by atoms with Crippen LogP contribution in [-0.2, 0) is 0 Å². The third-order valence-electron chi connectivity index (χ3n) is 10.9. The second kappa shape index (κ2) is 7.99. The van der Waals surface area contributed by atoms with Crippen LogP contribution in [0.4, 0.5) is 0 Å². The Kier molecular flexibility index (Phi) is 6.04. The monoisotopic (exact) mass is 400 g/mol. The molecule has 4 aliphatic carbocycles. The predicted octanol–water partition coefficient (Wildman–Crippen LogP) is 7.63. The van der Waals surface area contributed by atoms with Crippen LogP contribution < -0.4 is 0 Å². The van der Waals surface area contributed by atoms with Crippen LogP contribution in [0.5, 0.6) is 0 Å². The van der Waals surface area contributed by atoms with Gasteiger partial charge in [0.2, 0.25) is 0 Å². The molecule has 1 nitrogen and oxygen atoms in total. The summed E-state index contributed by atoms with van der Waals surface area (Å²) in [5.41, 5.74) is 2.12. The lowest BCUT2D eigenvalue weighted by Gasteiger charge is -2.61. The molecule has 0 aromatic heterocycles. The van der Waals surface area contributed by atoms with Gasteiger partial charge in [0.25, 0.3) is 0 Å². The summed E-state index contributed by atoms with van der Waals surface area (Å²) in [6, 6.07) is 0. The Labute approximate surface area is 181 Å². The van der Waals surface area contributed by atoms with Gasteiger partial charge < -0.3 is 5.11 Å². The average molecular weight is 401 g/mol. The van der Waals surface area contributed by atoms with Gasteiger partial charge in [-0.05, 0) is 109 Å². The van der Waals surface area contributed by atoms with E-state index in [0.29, 0.717) is 10.8 Å². The van der Waals surface area contributed by atoms with Gasteiger partial charge in [-0.2, -0.15) is 0 Å². The summed E-state index contributed by atoms with van der Waals surface area (Å²) in [5.74, 6) is 6.19. The minimum atomic E-state index is -0.235. The van der Waals surface area contributed by atoms with Crippen molar-refractivity contribution in [3.05, 3.63) is 12.2 Å². The number of aliphatic hydroxyl groups is 1. The summed E-state index contributed by atoms with van der Waals surface area (Å²) in [6.45, 7) is 16.9. The van der Waals surface area contributed by atoms with E-state index in [9.17, 15) is 5.11 Å². The minimum Gasteiger partial charge on any atom is -0.389 e. The Morgan fingerprint density at radius 3 is 2.41 bits per heavy atom. The van der Waals surface area contributed by atoms with Crippen molar-refractivity contribution in [2.24, 2.45) is 52.3 Å². The van der Waals surface area contributed by atoms with Crippen LogP contribution in [0.15, 0.2) is 12.2 Å². The molecule has 0 saturated heterocycles. The quantitative estimate of drug-likeness (QED) is 0.470. The molecule has 0 aromatic carbocycles. The van der Waals surface area contributed by atoms with Gasteiger partial charge in [0.15, 0.2) is 0 Å². The molecule has 4 rings (SSSR count). The Bertz CT molecular complexity index is 607. The molecule has 0 aromatic rings. The lowest BCUT2D eigenvalue weighted by Crippen LogP contribution is -2.54. The maximum atomic E-state index is 10.4. The molecule has 0 bridgehead atoms. The molecule has 0 aliphatic heterocycles. The van der Waals surface area contributed by atoms with E-state index in [1.54, 1.807) is 0 Å². The van der Waals surface area contributed by atoms with Crippen LogP contribution in [0, 0.1) is 52.3 Å². The molecule has 4 saturated carbocycles. The normalized spacial score (nSPS) is 48.2. The maximum absolute atomic E-state index is 10.4. The van der Waals surface area contributed by atoms with Crippen molar-refractivity contribution >= 4 is 0 Å². The first-order valence-electron chi connectivity index (χ1n) is 13.0. The topological polar surface area (TPSA) is 20.2 Å². The second-order valence-corrected chi connectivity index (χ2v) is 12.8. The maximum Gasteiger partial charge on any atom is 0.0750 e. The van der Waals surface area contributed by atoms with Crippen LogP contribution in [-0.4, -0.2) is 11.2 Å². The highest BCUT2D eigenvalue weighted by molar-refractivity contribution is 5.17. The molecule has 9 atom stereocenters. The van der Waals surface area contributed by atoms with E-state index in [2.05, 4.69) is 41.2 Å². The molecule has 0 spiro atoms. The van der Waals surface area contributed by atoms with Gasteiger partial charge in [-0.3, -0.25) is 0 Å². The number of aliphatic hydroxyl groups excluding tert-OH is 1. The molecule has 1 heteroatoms. The number of rotatable bonds is 5. The van der Waals surface area contributed by atoms with Crippen LogP contribution >= 0.6 is 0 Å². The van der Waals surface area contributed by atoms with E-state index < -0.39 is 0 Å². The van der Waals surface area contributed by atoms with Crippen LogP contribution in [0.3, 0.4) is 0 Å². The van der Waals surface area contributed by atoms with Gasteiger partial charge in [-0.15, -0.1) is 0 Å². The SMILES string of the molecule is C=C1C[C@@]2(C)[C@@H](CC[C@@H]3[C@@H]2CC[C@]2(C)[C@@H]([C@H](C)CCCC(C)C)CC[C@@H]32)C[C@@H]1O. The molecule has 1 N–H and O–H groups in total. The van der Waals surface area contributed by atoms with E-state index in [1.165, 1.54) is 57.8 Å². The molecular formula is C28H48O. The van der Waals surface area contributed by atoms with Crippen molar-refractivity contribution in [3.63, 3.8) is 0 Å². The first-order chi connectivity index (χ1) is 13.7. The highest BCUT2D eigenvalue weighted by Gasteiger charge is 2.60. The predicted molar refractivity (Wildman–Crippen MR) is 124 cm³/mol. The molecule has 4 fully saturated rings. The standard InChI is InChI=1S/C28H48O/c1-18(2)8-7-9-19(3)23-12-13-24-22-11-10-21-16-26(29)20(4)17-28(21,6)25(22)14-15-27(23,24)5/h18-19,21-26,29H,4,7-17H2,1-3,5-6H3/t19-,21+,22+,23-,24+,25+,26+,27-,28+/m1/s1. The zero-order chi connectivity index (χ0) is 21.0. The van der Waals surface area contributed by atoms with Crippen molar-refractivity contribution in [2.45, 2.75) is 111 Å². The molecule has 0 amide bonds. The van der Waals surface area contributed by atoms with Crippen molar-refractivity contribution in [1.29, 1.82) is 0 Å². The molecule has 0 heterocycles. The van der Waals surface area contributed by atoms with Gasteiger partial charge in [-0.1, -0.05) is 60.5 Å². The fraction of sp³-hybridized carbons (Fsp3) is 0.929. The Hall–Kier alpha value is -0.300. The number of hydrogen-bond donors (Lipinski definition) is 1. The minimum absolute atomic E-state index is 0.235. The lowest BCUT2D eigenvalue weighted by atomic mass is 9.44. The van der Waals surface area contributed by atoms with Crippen molar-refractivity contribution < 1.29 is 5.11 Å². The molecule has 0 radical (unpaired) electrons.